The summed E-state index contributed by atoms with van der Waals surface area (Å²) in [6.07, 6.45) is 1.12. The van der Waals surface area contributed by atoms with E-state index >= 15 is 0 Å². The number of benzene rings is 2. The van der Waals surface area contributed by atoms with Gasteiger partial charge in [-0.15, -0.1) is 10.2 Å². The first-order valence-electron chi connectivity index (χ1n) is 11.3. The molecule has 0 atom stereocenters. The lowest BCUT2D eigenvalue weighted by atomic mass is 10.1. The predicted molar refractivity (Wildman–Crippen MR) is 128 cm³/mol. The smallest absolute Gasteiger partial charge is 0.273 e. The van der Waals surface area contributed by atoms with Crippen molar-refractivity contribution in [2.45, 2.75) is 26.2 Å². The van der Waals surface area contributed by atoms with Crippen molar-refractivity contribution in [3.05, 3.63) is 70.1 Å². The van der Waals surface area contributed by atoms with E-state index in [0.717, 1.165) is 12.0 Å². The topological polar surface area (TPSA) is 115 Å². The van der Waals surface area contributed by atoms with Gasteiger partial charge in [0.25, 0.3) is 5.56 Å². The van der Waals surface area contributed by atoms with Gasteiger partial charge in [0, 0.05) is 31.6 Å². The van der Waals surface area contributed by atoms with Crippen LogP contribution in [0.3, 0.4) is 0 Å². The highest BCUT2D eigenvalue weighted by atomic mass is 16.5. The zero-order valence-corrected chi connectivity index (χ0v) is 19.5. The summed E-state index contributed by atoms with van der Waals surface area (Å²) in [6.45, 7) is 3.96. The SMILES string of the molecule is CCOCCOc1ccc(-c2nnc(CCC(=O)NCCc3ccccc3)c(=O)[nH]2)cc1OC. The Balaban J connectivity index is 1.54. The third kappa shape index (κ3) is 7.41. The van der Waals surface area contributed by atoms with Gasteiger partial charge in [-0.05, 0) is 37.1 Å². The summed E-state index contributed by atoms with van der Waals surface area (Å²) >= 11 is 0. The van der Waals surface area contributed by atoms with Gasteiger partial charge in [0.05, 0.1) is 13.7 Å². The number of nitrogens with one attached hydrogen (secondary N) is 2. The molecule has 0 aliphatic carbocycles. The van der Waals surface area contributed by atoms with Gasteiger partial charge < -0.3 is 24.5 Å². The molecule has 3 aromatic rings. The maximum atomic E-state index is 12.5. The van der Waals surface area contributed by atoms with E-state index in [-0.39, 0.29) is 30.0 Å². The van der Waals surface area contributed by atoms with E-state index < -0.39 is 0 Å². The Labute approximate surface area is 198 Å². The molecule has 1 amide bonds. The number of aromatic nitrogens is 3. The minimum absolute atomic E-state index is 0.133. The largest absolute Gasteiger partial charge is 0.493 e. The molecule has 9 nitrogen and oxygen atoms in total. The number of aryl methyl sites for hydroxylation is 1. The Morgan fingerprint density at radius 2 is 1.85 bits per heavy atom. The summed E-state index contributed by atoms with van der Waals surface area (Å²) in [5.41, 5.74) is 1.62. The Morgan fingerprint density at radius 1 is 1.03 bits per heavy atom. The Bertz CT molecular complexity index is 1120. The fourth-order valence-corrected chi connectivity index (χ4v) is 3.25. The lowest BCUT2D eigenvalue weighted by molar-refractivity contribution is -0.121. The number of hydrogen-bond donors (Lipinski definition) is 2. The quantitative estimate of drug-likeness (QED) is 0.372. The minimum atomic E-state index is -0.377. The summed E-state index contributed by atoms with van der Waals surface area (Å²) in [6, 6.07) is 15.1. The Morgan fingerprint density at radius 3 is 2.59 bits per heavy atom. The second kappa shape index (κ2) is 13.1. The standard InChI is InChI=1S/C25H30N4O5/c1-3-33-15-16-34-21-11-9-19(17-22(21)32-2)24-27-25(31)20(28-29-24)10-12-23(30)26-14-13-18-7-5-4-6-8-18/h4-9,11,17H,3,10,12-16H2,1-2H3,(H,26,30)(H,27,29,31). The van der Waals surface area contributed by atoms with Crippen LogP contribution >= 0.6 is 0 Å². The maximum Gasteiger partial charge on any atom is 0.273 e. The number of amides is 1. The Hall–Kier alpha value is -3.72. The first kappa shape index (κ1) is 24.9. The van der Waals surface area contributed by atoms with E-state index in [1.165, 1.54) is 7.11 Å². The molecule has 0 saturated carbocycles. The number of hydrogen-bond acceptors (Lipinski definition) is 7. The number of carbonyl (C=O) groups excluding carboxylic acids is 1. The second-order valence-corrected chi connectivity index (χ2v) is 7.45. The molecule has 0 saturated heterocycles. The number of H-pyrrole nitrogens is 1. The van der Waals surface area contributed by atoms with Crippen molar-refractivity contribution in [3.8, 4) is 22.9 Å². The molecule has 2 N–H and O–H groups in total. The van der Waals surface area contributed by atoms with Gasteiger partial charge in [0.1, 0.15) is 12.3 Å². The van der Waals surface area contributed by atoms with Gasteiger partial charge in [-0.3, -0.25) is 9.59 Å². The molecule has 0 aliphatic heterocycles. The average Bonchev–Trinajstić information content (AvgIpc) is 2.86. The van der Waals surface area contributed by atoms with Gasteiger partial charge >= 0.3 is 0 Å². The van der Waals surface area contributed by atoms with Crippen molar-refractivity contribution < 1.29 is 19.0 Å². The molecule has 34 heavy (non-hydrogen) atoms. The van der Waals surface area contributed by atoms with Crippen molar-refractivity contribution >= 4 is 5.91 Å². The van der Waals surface area contributed by atoms with Crippen LogP contribution in [0, 0.1) is 0 Å². The van der Waals surface area contributed by atoms with Crippen LogP contribution in [0.1, 0.15) is 24.6 Å². The van der Waals surface area contributed by atoms with Gasteiger partial charge in [-0.2, -0.15) is 0 Å². The molecule has 1 heterocycles. The van der Waals surface area contributed by atoms with E-state index in [9.17, 15) is 9.59 Å². The van der Waals surface area contributed by atoms with Crippen LogP contribution in [0.4, 0.5) is 0 Å². The molecule has 0 aliphatic rings. The monoisotopic (exact) mass is 466 g/mol. The third-order valence-corrected chi connectivity index (χ3v) is 5.06. The second-order valence-electron chi connectivity index (χ2n) is 7.45. The minimum Gasteiger partial charge on any atom is -0.493 e. The van der Waals surface area contributed by atoms with Crippen LogP contribution in [-0.2, 0) is 22.4 Å². The van der Waals surface area contributed by atoms with Crippen molar-refractivity contribution in [2.75, 3.05) is 33.5 Å². The van der Waals surface area contributed by atoms with Crippen molar-refractivity contribution in [1.29, 1.82) is 0 Å². The normalized spacial score (nSPS) is 10.6. The molecular weight excluding hydrogens is 436 g/mol. The molecule has 2 aromatic carbocycles. The summed E-state index contributed by atoms with van der Waals surface area (Å²) < 4.78 is 16.3. The highest BCUT2D eigenvalue weighted by molar-refractivity contribution is 5.76. The summed E-state index contributed by atoms with van der Waals surface area (Å²) in [5.74, 6) is 1.25. The molecule has 9 heteroatoms. The molecule has 180 valence electrons. The van der Waals surface area contributed by atoms with Crippen LogP contribution in [0.15, 0.2) is 53.3 Å². The Kier molecular flexibility index (Phi) is 9.60. The molecule has 1 aromatic heterocycles. The predicted octanol–water partition coefficient (Wildman–Crippen LogP) is 2.55. The first-order chi connectivity index (χ1) is 16.6. The highest BCUT2D eigenvalue weighted by Crippen LogP contribution is 2.31. The van der Waals surface area contributed by atoms with E-state index in [1.54, 1.807) is 18.2 Å². The van der Waals surface area contributed by atoms with Crippen LogP contribution in [-0.4, -0.2) is 54.6 Å². The number of ether oxygens (including phenoxy) is 3. The van der Waals surface area contributed by atoms with E-state index in [2.05, 4.69) is 20.5 Å². The van der Waals surface area contributed by atoms with Gasteiger partial charge in [-0.25, -0.2) is 0 Å². The fraction of sp³-hybridized carbons (Fsp3) is 0.360. The molecule has 0 bridgehead atoms. The summed E-state index contributed by atoms with van der Waals surface area (Å²) in [7, 11) is 1.54. The van der Waals surface area contributed by atoms with Crippen LogP contribution in [0.5, 0.6) is 11.5 Å². The van der Waals surface area contributed by atoms with Crippen molar-refractivity contribution in [2.24, 2.45) is 0 Å². The van der Waals surface area contributed by atoms with Crippen LogP contribution < -0.4 is 20.3 Å². The van der Waals surface area contributed by atoms with Crippen molar-refractivity contribution in [1.82, 2.24) is 20.5 Å². The summed E-state index contributed by atoms with van der Waals surface area (Å²) in [4.78, 5) is 27.3. The van der Waals surface area contributed by atoms with Gasteiger partial charge in [0.2, 0.25) is 5.91 Å². The van der Waals surface area contributed by atoms with E-state index in [0.29, 0.717) is 49.3 Å². The van der Waals surface area contributed by atoms with E-state index in [4.69, 9.17) is 14.2 Å². The van der Waals surface area contributed by atoms with Gasteiger partial charge in [0.15, 0.2) is 17.3 Å². The molecule has 0 unspecified atom stereocenters. The zero-order valence-electron chi connectivity index (χ0n) is 19.5. The molecule has 0 spiro atoms. The zero-order chi connectivity index (χ0) is 24.2. The molecular formula is C25H30N4O5. The van der Waals surface area contributed by atoms with E-state index in [1.807, 2.05) is 37.3 Å². The summed E-state index contributed by atoms with van der Waals surface area (Å²) in [5, 5.41) is 11.0. The molecule has 0 fully saturated rings. The van der Waals surface area contributed by atoms with Crippen LogP contribution in [0.2, 0.25) is 0 Å². The third-order valence-electron chi connectivity index (χ3n) is 5.06. The fourth-order valence-electron chi connectivity index (χ4n) is 3.25. The number of nitrogens with zero attached hydrogens (tertiary/aromatic N) is 2. The average molecular weight is 467 g/mol. The molecule has 0 radical (unpaired) electrons. The van der Waals surface area contributed by atoms with Gasteiger partial charge in [-0.1, -0.05) is 30.3 Å². The lowest BCUT2D eigenvalue weighted by Crippen LogP contribution is -2.27. The van der Waals surface area contributed by atoms with Crippen molar-refractivity contribution in [3.63, 3.8) is 0 Å². The first-order valence-corrected chi connectivity index (χ1v) is 11.3. The molecule has 3 rings (SSSR count). The number of rotatable bonds is 13. The number of methoxy groups -OCH3 is 1. The lowest BCUT2D eigenvalue weighted by Gasteiger charge is -2.12. The number of carbonyl (C=O) groups is 1. The highest BCUT2D eigenvalue weighted by Gasteiger charge is 2.12. The van der Waals surface area contributed by atoms with Crippen LogP contribution in [0.25, 0.3) is 11.4 Å². The maximum absolute atomic E-state index is 12.5. The number of aromatic amines is 1.